The fourth-order valence-corrected chi connectivity index (χ4v) is 2.33. The summed E-state index contributed by atoms with van der Waals surface area (Å²) in [5, 5.41) is 8.79. The van der Waals surface area contributed by atoms with Crippen molar-refractivity contribution in [3.63, 3.8) is 0 Å². The van der Waals surface area contributed by atoms with E-state index in [9.17, 15) is 18.0 Å². The number of primary sulfonamides is 1. The second kappa shape index (κ2) is 3.46. The van der Waals surface area contributed by atoms with E-state index in [1.165, 1.54) is 11.0 Å². The summed E-state index contributed by atoms with van der Waals surface area (Å²) in [6, 6.07) is 1.18. The standard InChI is InChI=1S/C7H10N4O4S/c8-16(14,15)4-1-7(13)11(3-4)5-2-6(12)10-9-5/h2,4H,1,3H2,(H2,8,14,15)(H2,9,10,12). The van der Waals surface area contributed by atoms with Crippen molar-refractivity contribution in [2.75, 3.05) is 11.4 Å². The lowest BCUT2D eigenvalue weighted by atomic mass is 10.4. The molecule has 1 amide bonds. The first-order chi connectivity index (χ1) is 7.38. The quantitative estimate of drug-likeness (QED) is 0.562. The summed E-state index contributed by atoms with van der Waals surface area (Å²) in [6.07, 6.45) is -0.161. The van der Waals surface area contributed by atoms with Gasteiger partial charge in [-0.3, -0.25) is 24.7 Å². The first-order valence-corrected chi connectivity index (χ1v) is 6.08. The lowest BCUT2D eigenvalue weighted by Gasteiger charge is -2.12. The molecular formula is C7H10N4O4S. The van der Waals surface area contributed by atoms with Crippen molar-refractivity contribution in [3.05, 3.63) is 16.4 Å². The van der Waals surface area contributed by atoms with Crippen molar-refractivity contribution in [1.82, 2.24) is 10.2 Å². The molecule has 8 nitrogen and oxygen atoms in total. The average molecular weight is 246 g/mol. The van der Waals surface area contributed by atoms with Gasteiger partial charge in [0.25, 0.3) is 5.56 Å². The minimum absolute atomic E-state index is 0.0362. The molecule has 0 aromatic carbocycles. The Labute approximate surface area is 90.5 Å². The van der Waals surface area contributed by atoms with E-state index in [1.54, 1.807) is 0 Å². The van der Waals surface area contributed by atoms with Crippen molar-refractivity contribution >= 4 is 21.7 Å². The summed E-state index contributed by atoms with van der Waals surface area (Å²) in [4.78, 5) is 23.6. The number of rotatable bonds is 2. The molecular weight excluding hydrogens is 236 g/mol. The number of hydrogen-bond donors (Lipinski definition) is 3. The Morgan fingerprint density at radius 2 is 2.06 bits per heavy atom. The topological polar surface area (TPSA) is 129 Å². The van der Waals surface area contributed by atoms with Crippen LogP contribution in [0, 0.1) is 0 Å². The van der Waals surface area contributed by atoms with Crippen LogP contribution in [0.1, 0.15) is 6.42 Å². The van der Waals surface area contributed by atoms with Crippen molar-refractivity contribution in [2.24, 2.45) is 5.14 Å². The third-order valence-electron chi connectivity index (χ3n) is 2.43. The van der Waals surface area contributed by atoms with E-state index in [2.05, 4.69) is 10.2 Å². The summed E-state index contributed by atoms with van der Waals surface area (Å²) in [6.45, 7) is -0.0362. The van der Waals surface area contributed by atoms with Crippen molar-refractivity contribution in [3.8, 4) is 0 Å². The normalized spacial score (nSPS) is 21.7. The highest BCUT2D eigenvalue weighted by Gasteiger charge is 2.37. The van der Waals surface area contributed by atoms with E-state index in [-0.39, 0.29) is 30.2 Å². The van der Waals surface area contributed by atoms with Crippen molar-refractivity contribution < 1.29 is 13.2 Å². The molecule has 2 rings (SSSR count). The maximum absolute atomic E-state index is 11.5. The number of amides is 1. The lowest BCUT2D eigenvalue weighted by molar-refractivity contribution is -0.117. The summed E-state index contributed by atoms with van der Waals surface area (Å²) in [5.74, 6) is -0.129. The zero-order chi connectivity index (χ0) is 11.9. The van der Waals surface area contributed by atoms with Gasteiger partial charge >= 0.3 is 0 Å². The predicted molar refractivity (Wildman–Crippen MR) is 55.3 cm³/mol. The zero-order valence-corrected chi connectivity index (χ0v) is 8.95. The summed E-state index contributed by atoms with van der Waals surface area (Å²) < 4.78 is 22.2. The smallest absolute Gasteiger partial charge is 0.266 e. The summed E-state index contributed by atoms with van der Waals surface area (Å²) >= 11 is 0. The lowest BCUT2D eigenvalue weighted by Crippen LogP contribution is -2.32. The first-order valence-electron chi connectivity index (χ1n) is 4.47. The second-order valence-electron chi connectivity index (χ2n) is 3.56. The molecule has 16 heavy (non-hydrogen) atoms. The van der Waals surface area contributed by atoms with E-state index < -0.39 is 15.3 Å². The van der Waals surface area contributed by atoms with E-state index >= 15 is 0 Å². The van der Waals surface area contributed by atoms with Gasteiger partial charge in [0, 0.05) is 19.0 Å². The van der Waals surface area contributed by atoms with E-state index in [0.29, 0.717) is 0 Å². The number of nitrogens with one attached hydrogen (secondary N) is 2. The number of nitrogens with two attached hydrogens (primary N) is 1. The van der Waals surface area contributed by atoms with Crippen LogP contribution in [-0.4, -0.2) is 36.3 Å². The van der Waals surface area contributed by atoms with E-state index in [0.717, 1.165) is 0 Å². The molecule has 9 heteroatoms. The van der Waals surface area contributed by atoms with Crippen LogP contribution < -0.4 is 15.6 Å². The molecule has 4 N–H and O–H groups in total. The molecule has 1 aliphatic heterocycles. The van der Waals surface area contributed by atoms with Crippen LogP contribution in [0.25, 0.3) is 0 Å². The SMILES string of the molecule is NS(=O)(=O)C1CC(=O)N(c2cc(=O)[nH][nH]2)C1. The predicted octanol–water partition coefficient (Wildman–Crippen LogP) is -1.90. The average Bonchev–Trinajstić information content (AvgIpc) is 2.70. The van der Waals surface area contributed by atoms with Gasteiger partial charge in [-0.05, 0) is 0 Å². The third-order valence-corrected chi connectivity index (χ3v) is 3.67. The third kappa shape index (κ3) is 1.86. The van der Waals surface area contributed by atoms with E-state index in [4.69, 9.17) is 5.14 Å². The molecule has 1 aliphatic rings. The number of aromatic nitrogens is 2. The Kier molecular flexibility index (Phi) is 2.35. The minimum Gasteiger partial charge on any atom is -0.296 e. The Balaban J connectivity index is 2.27. The van der Waals surface area contributed by atoms with Gasteiger partial charge in [-0.15, -0.1) is 0 Å². The van der Waals surface area contributed by atoms with Crippen LogP contribution in [0.4, 0.5) is 5.82 Å². The molecule has 0 saturated carbocycles. The monoisotopic (exact) mass is 246 g/mol. The fraction of sp³-hybridized carbons (Fsp3) is 0.429. The highest BCUT2D eigenvalue weighted by Crippen LogP contribution is 2.20. The molecule has 2 heterocycles. The number of hydrogen-bond acceptors (Lipinski definition) is 4. The molecule has 1 atom stereocenters. The molecule has 1 aromatic rings. The van der Waals surface area contributed by atoms with Gasteiger partial charge < -0.3 is 0 Å². The number of anilines is 1. The Hall–Kier alpha value is -1.61. The summed E-state index contributed by atoms with van der Waals surface area (Å²) in [5.41, 5.74) is -0.387. The maximum atomic E-state index is 11.5. The van der Waals surface area contributed by atoms with Crippen LogP contribution in [-0.2, 0) is 14.8 Å². The number of carbonyl (C=O) groups excluding carboxylic acids is 1. The molecule has 1 saturated heterocycles. The van der Waals surface area contributed by atoms with Crippen LogP contribution >= 0.6 is 0 Å². The Morgan fingerprint density at radius 1 is 1.38 bits per heavy atom. The van der Waals surface area contributed by atoms with Crippen LogP contribution in [0.3, 0.4) is 0 Å². The molecule has 0 radical (unpaired) electrons. The van der Waals surface area contributed by atoms with Gasteiger partial charge in [0.15, 0.2) is 0 Å². The largest absolute Gasteiger partial charge is 0.296 e. The molecule has 0 bridgehead atoms. The van der Waals surface area contributed by atoms with Gasteiger partial charge in [0.1, 0.15) is 11.1 Å². The number of aromatic amines is 2. The number of H-pyrrole nitrogens is 2. The highest BCUT2D eigenvalue weighted by atomic mass is 32.2. The first kappa shape index (κ1) is 10.9. The van der Waals surface area contributed by atoms with Gasteiger partial charge in [0.2, 0.25) is 15.9 Å². The molecule has 1 fully saturated rings. The van der Waals surface area contributed by atoms with Gasteiger partial charge in [-0.25, -0.2) is 13.6 Å². The summed E-state index contributed by atoms with van der Waals surface area (Å²) in [7, 11) is -3.73. The molecule has 1 aromatic heterocycles. The van der Waals surface area contributed by atoms with Crippen molar-refractivity contribution in [1.29, 1.82) is 0 Å². The Bertz CT molecular complexity index is 571. The molecule has 88 valence electrons. The fourth-order valence-electron chi connectivity index (χ4n) is 1.60. The highest BCUT2D eigenvalue weighted by molar-refractivity contribution is 7.89. The number of carbonyl (C=O) groups is 1. The number of sulfonamides is 1. The van der Waals surface area contributed by atoms with Crippen LogP contribution in [0.5, 0.6) is 0 Å². The molecule has 0 spiro atoms. The molecule has 1 unspecified atom stereocenters. The minimum atomic E-state index is -3.73. The zero-order valence-electron chi connectivity index (χ0n) is 8.13. The van der Waals surface area contributed by atoms with Gasteiger partial charge in [-0.1, -0.05) is 0 Å². The van der Waals surface area contributed by atoms with Crippen molar-refractivity contribution in [2.45, 2.75) is 11.7 Å². The van der Waals surface area contributed by atoms with Crippen LogP contribution in [0.2, 0.25) is 0 Å². The van der Waals surface area contributed by atoms with Crippen LogP contribution in [0.15, 0.2) is 10.9 Å². The second-order valence-corrected chi connectivity index (χ2v) is 5.41. The molecule has 0 aliphatic carbocycles. The maximum Gasteiger partial charge on any atom is 0.266 e. The number of nitrogens with zero attached hydrogens (tertiary/aromatic N) is 1. The van der Waals surface area contributed by atoms with Gasteiger partial charge in [0.05, 0.1) is 0 Å². The van der Waals surface area contributed by atoms with Gasteiger partial charge in [-0.2, -0.15) is 0 Å². The van der Waals surface area contributed by atoms with E-state index in [1.807, 2.05) is 0 Å². The Morgan fingerprint density at radius 3 is 2.50 bits per heavy atom.